The Kier molecular flexibility index (Phi) is 5.76. The van der Waals surface area contributed by atoms with Crippen LogP contribution in [0.25, 0.3) is 0 Å². The molecule has 0 spiro atoms. The summed E-state index contributed by atoms with van der Waals surface area (Å²) in [5.41, 5.74) is 7.62. The van der Waals surface area contributed by atoms with Crippen LogP contribution in [0.1, 0.15) is 32.0 Å². The molecule has 0 aromatic carbocycles. The first-order valence-corrected chi connectivity index (χ1v) is 6.68. The molecular weight excluding hydrogens is 240 g/mol. The van der Waals surface area contributed by atoms with Crippen molar-refractivity contribution in [3.8, 4) is 0 Å². The van der Waals surface area contributed by atoms with E-state index in [0.717, 1.165) is 23.6 Å². The first kappa shape index (κ1) is 15.4. The van der Waals surface area contributed by atoms with Gasteiger partial charge < -0.3 is 16.0 Å². The average molecular weight is 264 g/mol. The average Bonchev–Trinajstić information content (AvgIpc) is 2.34. The van der Waals surface area contributed by atoms with Crippen LogP contribution in [0, 0.1) is 6.92 Å². The number of hydrogen-bond donors (Lipinski definition) is 2. The second-order valence-electron chi connectivity index (χ2n) is 4.92. The van der Waals surface area contributed by atoms with Crippen molar-refractivity contribution >= 4 is 11.7 Å². The first-order valence-electron chi connectivity index (χ1n) is 6.68. The molecule has 0 saturated carbocycles. The fourth-order valence-corrected chi connectivity index (χ4v) is 1.90. The number of aromatic nitrogens is 1. The van der Waals surface area contributed by atoms with E-state index in [1.165, 1.54) is 0 Å². The van der Waals surface area contributed by atoms with E-state index in [1.54, 1.807) is 0 Å². The molecule has 1 heterocycles. The van der Waals surface area contributed by atoms with Gasteiger partial charge in [0.25, 0.3) is 0 Å². The van der Waals surface area contributed by atoms with Gasteiger partial charge in [0.15, 0.2) is 0 Å². The quantitative estimate of drug-likeness (QED) is 0.810. The van der Waals surface area contributed by atoms with Gasteiger partial charge in [-0.25, -0.2) is 4.98 Å². The topological polar surface area (TPSA) is 71.2 Å². The van der Waals surface area contributed by atoms with Crippen molar-refractivity contribution in [2.45, 2.75) is 40.3 Å². The summed E-state index contributed by atoms with van der Waals surface area (Å²) in [6.45, 7) is 9.37. The van der Waals surface area contributed by atoms with Crippen LogP contribution in [-0.4, -0.2) is 30.0 Å². The van der Waals surface area contributed by atoms with Crippen LogP contribution in [0.4, 0.5) is 5.82 Å². The van der Waals surface area contributed by atoms with Gasteiger partial charge in [0.2, 0.25) is 5.91 Å². The van der Waals surface area contributed by atoms with E-state index in [4.69, 9.17) is 5.73 Å². The van der Waals surface area contributed by atoms with E-state index < -0.39 is 0 Å². The van der Waals surface area contributed by atoms with Crippen molar-refractivity contribution in [1.29, 1.82) is 0 Å². The molecule has 0 fully saturated rings. The fourth-order valence-electron chi connectivity index (χ4n) is 1.90. The summed E-state index contributed by atoms with van der Waals surface area (Å²) in [4.78, 5) is 18.3. The second kappa shape index (κ2) is 7.09. The lowest BCUT2D eigenvalue weighted by Gasteiger charge is -2.23. The minimum absolute atomic E-state index is 0.00875. The van der Waals surface area contributed by atoms with Crippen molar-refractivity contribution in [2.24, 2.45) is 5.73 Å². The Bertz CT molecular complexity index is 431. The minimum atomic E-state index is 0.00875. The van der Waals surface area contributed by atoms with Crippen molar-refractivity contribution in [3.63, 3.8) is 0 Å². The van der Waals surface area contributed by atoms with Crippen LogP contribution in [0.2, 0.25) is 0 Å². The van der Waals surface area contributed by atoms with E-state index >= 15 is 0 Å². The maximum Gasteiger partial charge on any atom is 0.239 e. The van der Waals surface area contributed by atoms with Gasteiger partial charge in [0.05, 0.1) is 6.54 Å². The lowest BCUT2D eigenvalue weighted by molar-refractivity contribution is -0.120. The Morgan fingerprint density at radius 1 is 1.47 bits per heavy atom. The molecular formula is C14H24N4O. The highest BCUT2D eigenvalue weighted by atomic mass is 16.2. The third-order valence-corrected chi connectivity index (χ3v) is 2.73. The van der Waals surface area contributed by atoms with Crippen LogP contribution in [0.5, 0.6) is 0 Å². The smallest absolute Gasteiger partial charge is 0.239 e. The number of nitrogens with one attached hydrogen (secondary N) is 1. The van der Waals surface area contributed by atoms with Crippen LogP contribution < -0.4 is 16.0 Å². The Labute approximate surface area is 115 Å². The standard InChI is InChI=1S/C14H24N4O/c1-5-18(9-14(19)16-10(2)3)13-7-12(8-15)6-11(4)17-13/h6-7,10H,5,8-9,15H2,1-4H3,(H,16,19). The van der Waals surface area contributed by atoms with Gasteiger partial charge in [-0.1, -0.05) is 0 Å². The molecule has 0 radical (unpaired) electrons. The molecule has 0 aliphatic rings. The van der Waals surface area contributed by atoms with E-state index in [9.17, 15) is 4.79 Å². The van der Waals surface area contributed by atoms with Crippen molar-refractivity contribution in [1.82, 2.24) is 10.3 Å². The number of nitrogens with zero attached hydrogens (tertiary/aromatic N) is 2. The summed E-state index contributed by atoms with van der Waals surface area (Å²) < 4.78 is 0. The van der Waals surface area contributed by atoms with E-state index in [1.807, 2.05) is 44.7 Å². The highest BCUT2D eigenvalue weighted by Crippen LogP contribution is 2.14. The minimum Gasteiger partial charge on any atom is -0.352 e. The van der Waals surface area contributed by atoms with Gasteiger partial charge in [-0.05, 0) is 45.4 Å². The summed E-state index contributed by atoms with van der Waals surface area (Å²) in [6.07, 6.45) is 0. The number of nitrogens with two attached hydrogens (primary N) is 1. The molecule has 5 heteroatoms. The van der Waals surface area contributed by atoms with Crippen LogP contribution in [0.15, 0.2) is 12.1 Å². The Balaban J connectivity index is 2.84. The fraction of sp³-hybridized carbons (Fsp3) is 0.571. The predicted molar refractivity (Wildman–Crippen MR) is 78.0 cm³/mol. The monoisotopic (exact) mass is 264 g/mol. The van der Waals surface area contributed by atoms with E-state index in [-0.39, 0.29) is 11.9 Å². The molecule has 0 aliphatic carbocycles. The van der Waals surface area contributed by atoms with Crippen LogP contribution in [0.3, 0.4) is 0 Å². The molecule has 0 unspecified atom stereocenters. The number of hydrogen-bond acceptors (Lipinski definition) is 4. The summed E-state index contributed by atoms with van der Waals surface area (Å²) in [6, 6.07) is 4.06. The number of aryl methyl sites for hydroxylation is 1. The van der Waals surface area contributed by atoms with Gasteiger partial charge in [-0.15, -0.1) is 0 Å². The highest BCUT2D eigenvalue weighted by molar-refractivity contribution is 5.81. The largest absolute Gasteiger partial charge is 0.352 e. The van der Waals surface area contributed by atoms with Crippen molar-refractivity contribution < 1.29 is 4.79 Å². The number of rotatable bonds is 6. The molecule has 5 nitrogen and oxygen atoms in total. The number of anilines is 1. The molecule has 0 aliphatic heterocycles. The molecule has 1 rings (SSSR count). The number of likely N-dealkylation sites (N-methyl/N-ethyl adjacent to an activating group) is 1. The number of carbonyl (C=O) groups excluding carboxylic acids is 1. The van der Waals surface area contributed by atoms with Crippen LogP contribution in [-0.2, 0) is 11.3 Å². The third-order valence-electron chi connectivity index (χ3n) is 2.73. The van der Waals surface area contributed by atoms with Gasteiger partial charge >= 0.3 is 0 Å². The van der Waals surface area contributed by atoms with Gasteiger partial charge in [-0.2, -0.15) is 0 Å². The zero-order valence-electron chi connectivity index (χ0n) is 12.2. The maximum atomic E-state index is 11.8. The molecule has 1 aromatic heterocycles. The molecule has 106 valence electrons. The molecule has 1 aromatic rings. The lowest BCUT2D eigenvalue weighted by Crippen LogP contribution is -2.40. The molecule has 0 atom stereocenters. The summed E-state index contributed by atoms with van der Waals surface area (Å²) >= 11 is 0. The Hall–Kier alpha value is -1.62. The van der Waals surface area contributed by atoms with Crippen molar-refractivity contribution in [3.05, 3.63) is 23.4 Å². The number of amides is 1. The molecule has 3 N–H and O–H groups in total. The van der Waals surface area contributed by atoms with Crippen molar-refractivity contribution in [2.75, 3.05) is 18.0 Å². The predicted octanol–water partition coefficient (Wildman–Crippen LogP) is 1.20. The first-order chi connectivity index (χ1) is 8.96. The Morgan fingerprint density at radius 3 is 2.68 bits per heavy atom. The zero-order valence-corrected chi connectivity index (χ0v) is 12.2. The normalized spacial score (nSPS) is 10.6. The Morgan fingerprint density at radius 2 is 2.16 bits per heavy atom. The summed E-state index contributed by atoms with van der Waals surface area (Å²) in [7, 11) is 0. The highest BCUT2D eigenvalue weighted by Gasteiger charge is 2.12. The number of pyridine rings is 1. The van der Waals surface area contributed by atoms with Crippen LogP contribution >= 0.6 is 0 Å². The van der Waals surface area contributed by atoms with E-state index in [0.29, 0.717) is 13.1 Å². The zero-order chi connectivity index (χ0) is 14.4. The molecule has 0 bridgehead atoms. The summed E-state index contributed by atoms with van der Waals surface area (Å²) in [5, 5.41) is 2.89. The number of carbonyl (C=O) groups is 1. The van der Waals surface area contributed by atoms with Gasteiger partial charge in [0, 0.05) is 24.8 Å². The van der Waals surface area contributed by atoms with Gasteiger partial charge in [-0.3, -0.25) is 4.79 Å². The van der Waals surface area contributed by atoms with Gasteiger partial charge in [0.1, 0.15) is 5.82 Å². The van der Waals surface area contributed by atoms with E-state index in [2.05, 4.69) is 10.3 Å². The maximum absolute atomic E-state index is 11.8. The third kappa shape index (κ3) is 4.87. The SMILES string of the molecule is CCN(CC(=O)NC(C)C)c1cc(CN)cc(C)n1. The lowest BCUT2D eigenvalue weighted by atomic mass is 10.2. The molecule has 0 saturated heterocycles. The molecule has 1 amide bonds. The molecule has 19 heavy (non-hydrogen) atoms. The second-order valence-corrected chi connectivity index (χ2v) is 4.92. The summed E-state index contributed by atoms with van der Waals surface area (Å²) in [5.74, 6) is 0.816.